The third-order valence-electron chi connectivity index (χ3n) is 8.19. The number of hydrogen-bond acceptors (Lipinski definition) is 3. The minimum Gasteiger partial charge on any atom is -0.392 e. The molecule has 1 aliphatic heterocycles. The first-order valence-electron chi connectivity index (χ1n) is 10.9. The van der Waals surface area contributed by atoms with E-state index >= 15 is 0 Å². The van der Waals surface area contributed by atoms with Crippen molar-refractivity contribution in [3.8, 4) is 0 Å². The standard InChI is InChI=1S/C21H34N2O2/c24-18-10-19(23(12-18)11-13-3-1-2-4-13)21(25)22-20-16-6-14-5-15(8-16)9-17(20)7-14/h13-20,24H,1-12H2,(H,22,25)/t14?,15?,16?,17?,18-,19-,20?/m1/s1. The van der Waals surface area contributed by atoms with Crippen LogP contribution in [0.3, 0.4) is 0 Å². The van der Waals surface area contributed by atoms with Crippen molar-refractivity contribution >= 4 is 5.91 Å². The molecule has 2 atom stereocenters. The maximum atomic E-state index is 13.1. The summed E-state index contributed by atoms with van der Waals surface area (Å²) in [5.41, 5.74) is 0. The average Bonchev–Trinajstić information content (AvgIpc) is 3.20. The first-order valence-corrected chi connectivity index (χ1v) is 10.9. The second-order valence-electron chi connectivity index (χ2n) is 9.97. The van der Waals surface area contributed by atoms with Gasteiger partial charge in [-0.05, 0) is 81.0 Å². The predicted molar refractivity (Wildman–Crippen MR) is 96.9 cm³/mol. The zero-order valence-corrected chi connectivity index (χ0v) is 15.4. The summed E-state index contributed by atoms with van der Waals surface area (Å²) >= 11 is 0. The Balaban J connectivity index is 1.23. The van der Waals surface area contributed by atoms with Crippen LogP contribution >= 0.6 is 0 Å². The monoisotopic (exact) mass is 346 g/mol. The molecular weight excluding hydrogens is 312 g/mol. The molecule has 0 aromatic heterocycles. The normalized spacial score (nSPS) is 46.8. The van der Waals surface area contributed by atoms with Crippen molar-refractivity contribution in [3.05, 3.63) is 0 Å². The van der Waals surface area contributed by atoms with E-state index in [1.54, 1.807) is 0 Å². The van der Waals surface area contributed by atoms with E-state index in [2.05, 4.69) is 10.2 Å². The Morgan fingerprint density at radius 3 is 2.24 bits per heavy atom. The Morgan fingerprint density at radius 1 is 0.960 bits per heavy atom. The molecule has 0 unspecified atom stereocenters. The maximum Gasteiger partial charge on any atom is 0.237 e. The zero-order valence-electron chi connectivity index (χ0n) is 15.4. The van der Waals surface area contributed by atoms with Gasteiger partial charge in [0.2, 0.25) is 5.91 Å². The van der Waals surface area contributed by atoms with Crippen molar-refractivity contribution in [1.29, 1.82) is 0 Å². The van der Waals surface area contributed by atoms with E-state index in [0.29, 0.717) is 19.0 Å². The molecule has 4 nitrogen and oxygen atoms in total. The van der Waals surface area contributed by atoms with Crippen LogP contribution in [-0.2, 0) is 4.79 Å². The lowest BCUT2D eigenvalue weighted by Gasteiger charge is -2.54. The van der Waals surface area contributed by atoms with Gasteiger partial charge in [-0.1, -0.05) is 12.8 Å². The number of aliphatic hydroxyl groups is 1. The van der Waals surface area contributed by atoms with E-state index in [0.717, 1.165) is 36.1 Å². The van der Waals surface area contributed by atoms with Crippen LogP contribution in [0.2, 0.25) is 0 Å². The number of hydrogen-bond donors (Lipinski definition) is 2. The van der Waals surface area contributed by atoms with Crippen molar-refractivity contribution < 1.29 is 9.90 Å². The molecule has 140 valence electrons. The van der Waals surface area contributed by atoms with E-state index in [9.17, 15) is 9.90 Å². The van der Waals surface area contributed by atoms with E-state index in [1.807, 2.05) is 0 Å². The molecule has 0 spiro atoms. The lowest BCUT2D eigenvalue weighted by molar-refractivity contribution is -0.129. The summed E-state index contributed by atoms with van der Waals surface area (Å²) in [5.74, 6) is 4.31. The van der Waals surface area contributed by atoms with Crippen molar-refractivity contribution in [2.45, 2.75) is 82.4 Å². The van der Waals surface area contributed by atoms with Crippen LogP contribution < -0.4 is 5.32 Å². The highest BCUT2D eigenvalue weighted by atomic mass is 16.3. The van der Waals surface area contributed by atoms with Crippen LogP contribution in [0.15, 0.2) is 0 Å². The summed E-state index contributed by atoms with van der Waals surface area (Å²) in [6.07, 6.45) is 12.4. The minimum atomic E-state index is -0.323. The highest BCUT2D eigenvalue weighted by Crippen LogP contribution is 2.53. The van der Waals surface area contributed by atoms with Gasteiger partial charge in [0.15, 0.2) is 0 Å². The number of carbonyl (C=O) groups is 1. The zero-order chi connectivity index (χ0) is 17.0. The van der Waals surface area contributed by atoms with Crippen LogP contribution in [0.5, 0.6) is 0 Å². The second kappa shape index (κ2) is 6.53. The Hall–Kier alpha value is -0.610. The summed E-state index contributed by atoms with van der Waals surface area (Å²) < 4.78 is 0. The van der Waals surface area contributed by atoms with Gasteiger partial charge in [-0.15, -0.1) is 0 Å². The van der Waals surface area contributed by atoms with Gasteiger partial charge in [0.25, 0.3) is 0 Å². The Kier molecular flexibility index (Phi) is 4.32. The van der Waals surface area contributed by atoms with Gasteiger partial charge in [-0.3, -0.25) is 9.69 Å². The molecule has 6 rings (SSSR count). The first kappa shape index (κ1) is 16.6. The molecule has 6 aliphatic rings. The van der Waals surface area contributed by atoms with Crippen LogP contribution in [0, 0.1) is 29.6 Å². The number of likely N-dealkylation sites (tertiary alicyclic amines) is 1. The summed E-state index contributed by atoms with van der Waals surface area (Å²) in [5, 5.41) is 13.7. The van der Waals surface area contributed by atoms with Gasteiger partial charge < -0.3 is 10.4 Å². The molecule has 0 aromatic carbocycles. The Labute approximate surface area is 151 Å². The molecular formula is C21H34N2O2. The lowest BCUT2D eigenvalue weighted by Crippen LogP contribution is -2.58. The molecule has 5 aliphatic carbocycles. The van der Waals surface area contributed by atoms with E-state index in [1.165, 1.54) is 57.8 Å². The second-order valence-corrected chi connectivity index (χ2v) is 9.97. The topological polar surface area (TPSA) is 52.6 Å². The molecule has 2 N–H and O–H groups in total. The molecule has 4 heteroatoms. The highest BCUT2D eigenvalue weighted by molar-refractivity contribution is 5.82. The summed E-state index contributed by atoms with van der Waals surface area (Å²) in [7, 11) is 0. The van der Waals surface area contributed by atoms with Crippen molar-refractivity contribution in [1.82, 2.24) is 10.2 Å². The Morgan fingerprint density at radius 2 is 1.60 bits per heavy atom. The van der Waals surface area contributed by atoms with Gasteiger partial charge in [0.05, 0.1) is 12.1 Å². The van der Waals surface area contributed by atoms with Crippen LogP contribution in [-0.4, -0.2) is 47.2 Å². The van der Waals surface area contributed by atoms with Gasteiger partial charge >= 0.3 is 0 Å². The molecule has 0 radical (unpaired) electrons. The van der Waals surface area contributed by atoms with Crippen molar-refractivity contribution in [2.75, 3.05) is 13.1 Å². The quantitative estimate of drug-likeness (QED) is 0.822. The third-order valence-corrected chi connectivity index (χ3v) is 8.19. The smallest absolute Gasteiger partial charge is 0.237 e. The van der Waals surface area contributed by atoms with Crippen LogP contribution in [0.1, 0.15) is 64.2 Å². The fourth-order valence-electron chi connectivity index (χ4n) is 7.30. The van der Waals surface area contributed by atoms with Gasteiger partial charge in [-0.2, -0.15) is 0 Å². The van der Waals surface area contributed by atoms with Crippen molar-refractivity contribution in [2.24, 2.45) is 29.6 Å². The number of carbonyl (C=O) groups excluding carboxylic acids is 1. The number of nitrogens with zero attached hydrogens (tertiary/aromatic N) is 1. The van der Waals surface area contributed by atoms with Crippen molar-refractivity contribution in [3.63, 3.8) is 0 Å². The largest absolute Gasteiger partial charge is 0.392 e. The number of aliphatic hydroxyl groups excluding tert-OH is 1. The molecule has 1 saturated heterocycles. The van der Waals surface area contributed by atoms with Crippen LogP contribution in [0.4, 0.5) is 0 Å². The predicted octanol–water partition coefficient (Wildman–Crippen LogP) is 2.55. The third kappa shape index (κ3) is 3.14. The number of amides is 1. The number of nitrogens with one attached hydrogen (secondary N) is 1. The lowest BCUT2D eigenvalue weighted by atomic mass is 9.54. The van der Waals surface area contributed by atoms with Crippen LogP contribution in [0.25, 0.3) is 0 Å². The molecule has 6 fully saturated rings. The molecule has 5 saturated carbocycles. The van der Waals surface area contributed by atoms with Gasteiger partial charge in [0.1, 0.15) is 0 Å². The van der Waals surface area contributed by atoms with E-state index in [4.69, 9.17) is 0 Å². The molecule has 25 heavy (non-hydrogen) atoms. The molecule has 1 amide bonds. The van der Waals surface area contributed by atoms with E-state index < -0.39 is 0 Å². The fourth-order valence-corrected chi connectivity index (χ4v) is 7.30. The fraction of sp³-hybridized carbons (Fsp3) is 0.952. The summed E-state index contributed by atoms with van der Waals surface area (Å²) in [6, 6.07) is 0.333. The summed E-state index contributed by atoms with van der Waals surface area (Å²) in [4.78, 5) is 15.4. The minimum absolute atomic E-state index is 0.0900. The van der Waals surface area contributed by atoms with Gasteiger partial charge in [-0.25, -0.2) is 0 Å². The molecule has 1 heterocycles. The summed E-state index contributed by atoms with van der Waals surface area (Å²) in [6.45, 7) is 1.70. The Bertz CT molecular complexity index is 488. The number of rotatable bonds is 4. The average molecular weight is 347 g/mol. The first-order chi connectivity index (χ1) is 12.2. The number of β-amino-alcohol motifs (C(OH)–C–C–N with tert-alkyl or cyclic N) is 1. The highest BCUT2D eigenvalue weighted by Gasteiger charge is 2.49. The van der Waals surface area contributed by atoms with Gasteiger partial charge in [0, 0.05) is 19.1 Å². The maximum absolute atomic E-state index is 13.1. The SMILES string of the molecule is O=C(NC1C2CC3CC(C2)CC1C3)[C@H]1C[C@@H](O)CN1CC1CCCC1. The molecule has 4 bridgehead atoms. The van der Waals surface area contributed by atoms with E-state index in [-0.39, 0.29) is 18.1 Å². The molecule has 0 aromatic rings.